The predicted octanol–water partition coefficient (Wildman–Crippen LogP) is 2.32. The highest BCUT2D eigenvalue weighted by molar-refractivity contribution is 7.20. The van der Waals surface area contributed by atoms with Gasteiger partial charge in [0.1, 0.15) is 10.6 Å². The SMILES string of the molecule is CN(C(=O)c1cc2c(C(N)=O)c(N)[nH]c2s1)C1CCCCC1. The van der Waals surface area contributed by atoms with E-state index in [1.54, 1.807) is 6.07 Å². The largest absolute Gasteiger partial charge is 0.385 e. The van der Waals surface area contributed by atoms with Crippen LogP contribution in [0.25, 0.3) is 10.2 Å². The number of fused-ring (bicyclic) bond motifs is 1. The summed E-state index contributed by atoms with van der Waals surface area (Å²) in [7, 11) is 1.86. The highest BCUT2D eigenvalue weighted by Gasteiger charge is 2.26. The Labute approximate surface area is 132 Å². The third-order valence-corrected chi connectivity index (χ3v) is 5.46. The molecule has 2 heterocycles. The van der Waals surface area contributed by atoms with E-state index in [1.165, 1.54) is 30.6 Å². The molecule has 118 valence electrons. The van der Waals surface area contributed by atoms with Crippen LogP contribution in [-0.2, 0) is 0 Å². The van der Waals surface area contributed by atoms with Gasteiger partial charge in [-0.05, 0) is 18.9 Å². The molecule has 2 aromatic rings. The van der Waals surface area contributed by atoms with Gasteiger partial charge < -0.3 is 21.4 Å². The zero-order chi connectivity index (χ0) is 15.9. The minimum absolute atomic E-state index is 0.00417. The van der Waals surface area contributed by atoms with Crippen LogP contribution in [0.2, 0.25) is 0 Å². The number of carbonyl (C=O) groups is 2. The Hall–Kier alpha value is -2.02. The van der Waals surface area contributed by atoms with Crippen LogP contribution < -0.4 is 11.5 Å². The number of rotatable bonds is 3. The molecule has 1 saturated carbocycles. The van der Waals surface area contributed by atoms with Crippen molar-refractivity contribution in [3.63, 3.8) is 0 Å². The number of hydrogen-bond donors (Lipinski definition) is 3. The molecule has 0 bridgehead atoms. The van der Waals surface area contributed by atoms with Crippen molar-refractivity contribution in [2.24, 2.45) is 5.73 Å². The highest BCUT2D eigenvalue weighted by atomic mass is 32.1. The Bertz CT molecular complexity index is 727. The zero-order valence-corrected chi connectivity index (χ0v) is 13.3. The molecular weight excluding hydrogens is 300 g/mol. The minimum Gasteiger partial charge on any atom is -0.385 e. The van der Waals surface area contributed by atoms with Crippen molar-refractivity contribution in [3.8, 4) is 0 Å². The van der Waals surface area contributed by atoms with E-state index in [1.807, 2.05) is 11.9 Å². The quantitative estimate of drug-likeness (QED) is 0.808. The fourth-order valence-corrected chi connectivity index (χ4v) is 4.24. The summed E-state index contributed by atoms with van der Waals surface area (Å²) < 4.78 is 0. The van der Waals surface area contributed by atoms with Crippen molar-refractivity contribution >= 4 is 39.2 Å². The fourth-order valence-electron chi connectivity index (χ4n) is 3.18. The van der Waals surface area contributed by atoms with Crippen LogP contribution in [0.5, 0.6) is 0 Å². The van der Waals surface area contributed by atoms with Crippen molar-refractivity contribution < 1.29 is 9.59 Å². The average Bonchev–Trinajstić information content (AvgIpc) is 3.02. The van der Waals surface area contributed by atoms with Gasteiger partial charge in [0, 0.05) is 18.5 Å². The number of nitrogens with one attached hydrogen (secondary N) is 1. The maximum atomic E-state index is 12.7. The molecule has 1 aliphatic carbocycles. The number of H-pyrrole nitrogens is 1. The van der Waals surface area contributed by atoms with Crippen LogP contribution in [0.3, 0.4) is 0 Å². The number of thiophene rings is 1. The average molecular weight is 320 g/mol. The molecule has 0 saturated heterocycles. The van der Waals surface area contributed by atoms with Gasteiger partial charge in [0.15, 0.2) is 0 Å². The third kappa shape index (κ3) is 2.45. The zero-order valence-electron chi connectivity index (χ0n) is 12.5. The summed E-state index contributed by atoms with van der Waals surface area (Å²) in [5, 5.41) is 0.635. The summed E-state index contributed by atoms with van der Waals surface area (Å²) in [6.45, 7) is 0. The van der Waals surface area contributed by atoms with E-state index < -0.39 is 5.91 Å². The predicted molar refractivity (Wildman–Crippen MR) is 88.1 cm³/mol. The van der Waals surface area contributed by atoms with Crippen LogP contribution in [0.1, 0.15) is 52.1 Å². The van der Waals surface area contributed by atoms with Gasteiger partial charge in [-0.25, -0.2) is 0 Å². The number of aromatic amines is 1. The van der Waals surface area contributed by atoms with E-state index >= 15 is 0 Å². The normalized spacial score (nSPS) is 16.0. The van der Waals surface area contributed by atoms with Crippen LogP contribution in [0.4, 0.5) is 5.82 Å². The van der Waals surface area contributed by atoms with Crippen molar-refractivity contribution in [1.82, 2.24) is 9.88 Å². The number of anilines is 1. The summed E-state index contributed by atoms with van der Waals surface area (Å²) >= 11 is 1.32. The second kappa shape index (κ2) is 5.64. The van der Waals surface area contributed by atoms with Gasteiger partial charge in [-0.15, -0.1) is 11.3 Å². The Morgan fingerprint density at radius 3 is 2.64 bits per heavy atom. The standard InChI is InChI=1S/C15H20N4O2S/c1-19(8-5-3-2-4-6-8)15(21)10-7-9-11(13(17)20)12(16)18-14(9)22-10/h7-8,18H,2-6,16H2,1H3,(H2,17,20). The molecule has 3 rings (SSSR count). The molecule has 1 fully saturated rings. The number of amides is 2. The molecule has 0 radical (unpaired) electrons. The van der Waals surface area contributed by atoms with E-state index in [0.29, 0.717) is 21.1 Å². The Morgan fingerprint density at radius 2 is 2.00 bits per heavy atom. The van der Waals surface area contributed by atoms with Crippen LogP contribution in [0.15, 0.2) is 6.07 Å². The first-order chi connectivity index (χ1) is 10.5. The topological polar surface area (TPSA) is 105 Å². The molecule has 0 aliphatic heterocycles. The number of primary amides is 1. The van der Waals surface area contributed by atoms with Gasteiger partial charge in [0.25, 0.3) is 11.8 Å². The highest BCUT2D eigenvalue weighted by Crippen LogP contribution is 2.33. The van der Waals surface area contributed by atoms with E-state index in [4.69, 9.17) is 11.5 Å². The lowest BCUT2D eigenvalue weighted by Gasteiger charge is -2.30. The van der Waals surface area contributed by atoms with Crippen LogP contribution in [0, 0.1) is 0 Å². The van der Waals surface area contributed by atoms with E-state index in [0.717, 1.165) is 12.8 Å². The molecule has 2 aromatic heterocycles. The Balaban J connectivity index is 1.89. The van der Waals surface area contributed by atoms with E-state index in [-0.39, 0.29) is 17.3 Å². The number of hydrogen-bond acceptors (Lipinski definition) is 4. The second-order valence-corrected chi connectivity index (χ2v) is 6.89. The third-order valence-electron chi connectivity index (χ3n) is 4.42. The van der Waals surface area contributed by atoms with E-state index in [9.17, 15) is 9.59 Å². The summed E-state index contributed by atoms with van der Waals surface area (Å²) in [6.07, 6.45) is 5.73. The molecule has 7 heteroatoms. The second-order valence-electron chi connectivity index (χ2n) is 5.84. The van der Waals surface area contributed by atoms with E-state index in [2.05, 4.69) is 4.98 Å². The smallest absolute Gasteiger partial charge is 0.264 e. The lowest BCUT2D eigenvalue weighted by molar-refractivity contribution is 0.0701. The fraction of sp³-hybridized carbons (Fsp3) is 0.467. The Morgan fingerprint density at radius 1 is 1.32 bits per heavy atom. The first-order valence-electron chi connectivity index (χ1n) is 7.47. The molecule has 6 nitrogen and oxygen atoms in total. The Kier molecular flexibility index (Phi) is 3.82. The monoisotopic (exact) mass is 320 g/mol. The van der Waals surface area contributed by atoms with Gasteiger partial charge in [-0.3, -0.25) is 9.59 Å². The van der Waals surface area contributed by atoms with Crippen LogP contribution in [-0.4, -0.2) is 34.8 Å². The molecule has 5 N–H and O–H groups in total. The molecule has 0 atom stereocenters. The number of nitrogens with zero attached hydrogens (tertiary/aromatic N) is 1. The maximum absolute atomic E-state index is 12.7. The molecule has 0 unspecified atom stereocenters. The van der Waals surface area contributed by atoms with Gasteiger partial charge >= 0.3 is 0 Å². The summed E-state index contributed by atoms with van der Waals surface area (Å²) in [5.41, 5.74) is 11.4. The molecule has 1 aliphatic rings. The van der Waals surface area contributed by atoms with Crippen LogP contribution >= 0.6 is 11.3 Å². The first-order valence-corrected chi connectivity index (χ1v) is 8.28. The lowest BCUT2D eigenvalue weighted by Crippen LogP contribution is -2.37. The van der Waals surface area contributed by atoms with Gasteiger partial charge in [0.05, 0.1) is 10.4 Å². The summed E-state index contributed by atoms with van der Waals surface area (Å²) in [4.78, 5) is 30.2. The molecule has 22 heavy (non-hydrogen) atoms. The number of nitrogen functional groups attached to an aromatic ring is 1. The van der Waals surface area contributed by atoms with Crippen molar-refractivity contribution in [2.75, 3.05) is 12.8 Å². The molecule has 0 spiro atoms. The molecule has 0 aromatic carbocycles. The van der Waals surface area contributed by atoms with Crippen molar-refractivity contribution in [1.29, 1.82) is 0 Å². The first kappa shape index (κ1) is 14.9. The minimum atomic E-state index is -0.582. The van der Waals surface area contributed by atoms with Gasteiger partial charge in [-0.1, -0.05) is 19.3 Å². The van der Waals surface area contributed by atoms with Gasteiger partial charge in [-0.2, -0.15) is 0 Å². The van der Waals surface area contributed by atoms with Crippen molar-refractivity contribution in [2.45, 2.75) is 38.1 Å². The lowest BCUT2D eigenvalue weighted by atomic mass is 9.94. The number of aromatic nitrogens is 1. The van der Waals surface area contributed by atoms with Gasteiger partial charge in [0.2, 0.25) is 0 Å². The number of nitrogens with two attached hydrogens (primary N) is 2. The number of carbonyl (C=O) groups excluding carboxylic acids is 2. The molecule has 2 amide bonds. The summed E-state index contributed by atoms with van der Waals surface area (Å²) in [5.74, 6) is -0.329. The summed E-state index contributed by atoms with van der Waals surface area (Å²) in [6, 6.07) is 2.02. The molecular formula is C15H20N4O2S. The van der Waals surface area contributed by atoms with Crippen molar-refractivity contribution in [3.05, 3.63) is 16.5 Å². The maximum Gasteiger partial charge on any atom is 0.264 e.